The second-order valence-electron chi connectivity index (χ2n) is 24.5. The lowest BCUT2D eigenvalue weighted by Gasteiger charge is -2.43. The van der Waals surface area contributed by atoms with Crippen molar-refractivity contribution >= 4 is 100 Å². The van der Waals surface area contributed by atoms with E-state index in [0.29, 0.717) is 5.92 Å². The van der Waals surface area contributed by atoms with E-state index in [-0.39, 0.29) is 51.3 Å². The molecule has 0 aromatic heterocycles. The van der Waals surface area contributed by atoms with Crippen LogP contribution in [0.15, 0.2) is 5.11 Å². The Morgan fingerprint density at radius 2 is 0.905 bits per heavy atom. The van der Waals surface area contributed by atoms with Crippen LogP contribution >= 0.6 is 47.8 Å². The number of esters is 3. The van der Waals surface area contributed by atoms with Crippen molar-refractivity contribution in [3.05, 3.63) is 102 Å². The molecule has 4 aliphatic carbocycles. The molecule has 8 atom stereocenters. The van der Waals surface area contributed by atoms with Crippen molar-refractivity contribution in [3.63, 3.8) is 0 Å². The van der Waals surface area contributed by atoms with E-state index in [1.165, 1.54) is 40.5 Å². The number of amides is 3. The van der Waals surface area contributed by atoms with E-state index in [0.717, 1.165) is 55.8 Å². The number of azide groups is 1. The number of benzene rings is 3. The summed E-state index contributed by atoms with van der Waals surface area (Å²) in [5, 5.41) is 11.4. The van der Waals surface area contributed by atoms with Gasteiger partial charge in [-0.2, -0.15) is 0 Å². The molecule has 530 valence electrons. The predicted octanol–water partition coefficient (Wildman–Crippen LogP) is 15.7. The zero-order chi connectivity index (χ0) is 72.6. The lowest BCUT2D eigenvalue weighted by molar-refractivity contribution is -0.146. The van der Waals surface area contributed by atoms with Crippen LogP contribution in [0.4, 0.5) is 69.7 Å². The topological polar surface area (TPSA) is 299 Å². The largest absolute Gasteiger partial charge is 0.715 e. The van der Waals surface area contributed by atoms with Crippen molar-refractivity contribution in [2.24, 2.45) is 46.5 Å². The Morgan fingerprint density at radius 3 is 1.24 bits per heavy atom. The summed E-state index contributed by atoms with van der Waals surface area (Å²) in [5.41, 5.74) is 15.2. The normalized spacial score (nSPS) is 20.5. The third-order valence-corrected chi connectivity index (χ3v) is 17.7. The maximum atomic E-state index is 15.0. The van der Waals surface area contributed by atoms with E-state index >= 15 is 0 Å². The van der Waals surface area contributed by atoms with Crippen LogP contribution in [0.3, 0.4) is 0 Å². The predicted molar refractivity (Wildman–Crippen MR) is 337 cm³/mol. The first-order chi connectivity index (χ1) is 44.1. The summed E-state index contributed by atoms with van der Waals surface area (Å²) in [6.07, 6.45) is 12.2. The quantitative estimate of drug-likeness (QED) is 0.00525. The van der Waals surface area contributed by atoms with Crippen LogP contribution < -0.4 is 27.0 Å². The molecule has 0 heterocycles. The van der Waals surface area contributed by atoms with Crippen LogP contribution in [0.25, 0.3) is 16.0 Å². The molecule has 0 radical (unpaired) electrons. The number of carbonyl (C=O) groups is 6. The monoisotopic (exact) mass is 1560 g/mol. The number of carbonyl (C=O) groups excluding carboxylic acids is 6. The van der Waals surface area contributed by atoms with E-state index in [1.54, 1.807) is 33.1 Å². The van der Waals surface area contributed by atoms with Gasteiger partial charge in [0.05, 0.1) is 19.6 Å². The first kappa shape index (κ1) is 82.8. The van der Waals surface area contributed by atoms with Crippen LogP contribution in [-0.4, -0.2) is 93.6 Å². The van der Waals surface area contributed by atoms with Crippen molar-refractivity contribution in [2.75, 3.05) is 50.5 Å². The van der Waals surface area contributed by atoms with Gasteiger partial charge in [-0.1, -0.05) is 92.9 Å². The van der Waals surface area contributed by atoms with Gasteiger partial charge in [-0.25, -0.2) is 52.7 Å². The van der Waals surface area contributed by atoms with Gasteiger partial charge in [-0.15, -0.1) is 0 Å². The van der Waals surface area contributed by atoms with Gasteiger partial charge in [0, 0.05) is 10.5 Å². The molecule has 0 aliphatic heterocycles. The highest BCUT2D eigenvalue weighted by atomic mass is 79.9. The molecule has 4 saturated carbocycles. The Kier molecular flexibility index (Phi) is 31.1. The summed E-state index contributed by atoms with van der Waals surface area (Å²) in [4.78, 5) is 72.2. The fourth-order valence-electron chi connectivity index (χ4n) is 12.0. The highest BCUT2D eigenvalue weighted by Crippen LogP contribution is 2.58. The summed E-state index contributed by atoms with van der Waals surface area (Å²) in [6, 6.07) is 0. The Morgan fingerprint density at radius 1 is 0.558 bits per heavy atom. The minimum absolute atomic E-state index is 0.136. The van der Waals surface area contributed by atoms with Gasteiger partial charge >= 0.3 is 17.9 Å². The molecule has 7 rings (SSSR count). The average molecular weight is 1560 g/mol. The second kappa shape index (κ2) is 35.7. The summed E-state index contributed by atoms with van der Waals surface area (Å²) in [5.74, 6) is -23.4. The number of nitrogens with two attached hydrogens (primary N) is 1. The fourth-order valence-corrected chi connectivity index (χ4v) is 12.3. The average Bonchev–Trinajstić information content (AvgIpc) is 1.64. The van der Waals surface area contributed by atoms with Gasteiger partial charge in [0.15, 0.2) is 69.8 Å². The molecule has 34 heteroatoms. The van der Waals surface area contributed by atoms with Gasteiger partial charge in [0.25, 0.3) is 17.7 Å². The Labute approximate surface area is 566 Å². The summed E-state index contributed by atoms with van der Waals surface area (Å²) >= 11 is 9.20. The number of nitrogens with one attached hydrogen (secondary N) is 5. The van der Waals surface area contributed by atoms with Gasteiger partial charge in [-0.05, 0) is 140 Å². The number of alkyl halides is 3. The summed E-state index contributed by atoms with van der Waals surface area (Å²) in [7, 11) is 0. The fraction of sp³-hybridized carbons (Fsp3) is 0.607. The number of halogens is 15. The van der Waals surface area contributed by atoms with Gasteiger partial charge in [-0.3, -0.25) is 28.8 Å². The van der Waals surface area contributed by atoms with Crippen molar-refractivity contribution < 1.29 is 95.7 Å². The SMILES string of the molecule is CC(C)(Br)C(=O)OCCNC(=O)c1c(F)c(F)c(N)c(F)c1F.CC(C)(Br)C(=O)OCCNC(=O)c1c(F)c(F)c(N=[N+]=[N-])c(F)c1F.CCCC1C2CCC(C2)C1(C)Nc1c(F)c(F)c(C(=O)NCCOC(=O)C(C)(C)Br)c(F)c1F.CCCC1C2CCC(C2)C1C.[N-]=N. The third kappa shape index (κ3) is 20.6. The van der Waals surface area contributed by atoms with E-state index < -0.39 is 158 Å². The molecule has 4 aliphatic rings. The molecule has 8 unspecified atom stereocenters. The number of hydrogen-bond donors (Lipinski definition) is 6. The van der Waals surface area contributed by atoms with Crippen LogP contribution in [0.5, 0.6) is 0 Å². The lowest BCUT2D eigenvalue weighted by atomic mass is 9.72. The van der Waals surface area contributed by atoms with Crippen LogP contribution in [0.2, 0.25) is 0 Å². The molecular formula is C61H76Br3F12N10O9-. The number of nitrogen functional groups attached to an aromatic ring is 1. The first-order valence-electron chi connectivity index (χ1n) is 30.0. The molecule has 95 heavy (non-hydrogen) atoms. The maximum Gasteiger partial charge on any atom is 0.322 e. The minimum Gasteiger partial charge on any atom is -0.715 e. The van der Waals surface area contributed by atoms with Crippen LogP contribution in [-0.2, 0) is 28.6 Å². The van der Waals surface area contributed by atoms with Crippen LogP contribution in [0.1, 0.15) is 165 Å². The minimum atomic E-state index is -2.02. The van der Waals surface area contributed by atoms with Gasteiger partial charge < -0.3 is 52.3 Å². The number of hydrogen-bond acceptors (Lipinski definition) is 13. The molecular weight excluding hydrogens is 1480 g/mol. The van der Waals surface area contributed by atoms with E-state index in [9.17, 15) is 81.5 Å². The molecule has 4 bridgehead atoms. The first-order valence-corrected chi connectivity index (χ1v) is 32.3. The number of nitrogens with zero attached hydrogens (tertiary/aromatic N) is 4. The molecule has 7 N–H and O–H groups in total. The smallest absolute Gasteiger partial charge is 0.322 e. The standard InChI is InChI=1S/C24H31BrF4N2O3.C13H11BrF4N4O3.C13H13BrF4N2O3.C11H20.HN2/c1-5-6-14-12-7-8-13(11-12)24(14,4)31-20-18(28)16(26)15(17(27)19(20)29)21(32)30-9-10-34-22(33)23(2,3)25;1-13(2,14)12(24)25-4-3-20-11(23)5-6(15)8(17)10(21-22-19)9(18)7(5)16;1-13(2,14)12(22)23-4-3-20-11(21)5-6(15)8(17)10(19)9(18)7(5)16;1-3-4-11-8(2)9-5-6-10(11)7-9;1-2/h12-14,31H,5-11H2,1-4H3,(H,30,32);3-4H2,1-2H3,(H,20,23);3-4,19H2,1-2H3,(H,20,21);8-11H,3-7H2,1-2H3;1H/q;;;;-1. The highest BCUT2D eigenvalue weighted by molar-refractivity contribution is 9.10. The Bertz CT molecular complexity index is 3250. The number of anilines is 2. The highest BCUT2D eigenvalue weighted by Gasteiger charge is 2.55. The molecule has 4 fully saturated rings. The van der Waals surface area contributed by atoms with Crippen molar-refractivity contribution in [3.8, 4) is 0 Å². The van der Waals surface area contributed by atoms with E-state index in [2.05, 4.69) is 77.4 Å². The van der Waals surface area contributed by atoms with Gasteiger partial charge in [0.2, 0.25) is 0 Å². The Hall–Kier alpha value is -6.41. The lowest BCUT2D eigenvalue weighted by Crippen LogP contribution is -2.48. The van der Waals surface area contributed by atoms with Gasteiger partial charge in [0.1, 0.15) is 66.5 Å². The molecule has 3 amide bonds. The summed E-state index contributed by atoms with van der Waals surface area (Å²) < 4.78 is 179. The van der Waals surface area contributed by atoms with E-state index in [1.807, 2.05) is 29.4 Å². The molecule has 0 spiro atoms. The molecule has 3 aromatic carbocycles. The maximum absolute atomic E-state index is 15.0. The number of rotatable bonds is 22. The van der Waals surface area contributed by atoms with Crippen molar-refractivity contribution in [2.45, 2.75) is 152 Å². The van der Waals surface area contributed by atoms with E-state index in [4.69, 9.17) is 36.5 Å². The third-order valence-electron chi connectivity index (χ3n) is 16.8. The second-order valence-corrected chi connectivity index (χ2v) is 30.5. The van der Waals surface area contributed by atoms with Crippen LogP contribution in [0, 0.1) is 117 Å². The molecule has 3 aromatic rings. The molecule has 0 saturated heterocycles. The molecule has 19 nitrogen and oxygen atoms in total. The summed E-state index contributed by atoms with van der Waals surface area (Å²) in [6.45, 7) is 16.0. The van der Waals surface area contributed by atoms with Crippen molar-refractivity contribution in [1.29, 1.82) is 5.53 Å². The van der Waals surface area contributed by atoms with Crippen molar-refractivity contribution in [1.82, 2.24) is 16.0 Å². The Balaban J connectivity index is 0.000000344. The zero-order valence-corrected chi connectivity index (χ0v) is 58.3. The zero-order valence-electron chi connectivity index (χ0n) is 53.6. The number of ether oxygens (including phenoxy) is 3. The number of fused-ring (bicyclic) bond motifs is 4.